The minimum Gasteiger partial charge on any atom is -0.399 e. The van der Waals surface area contributed by atoms with Crippen LogP contribution in [0.5, 0.6) is 0 Å². The predicted octanol–water partition coefficient (Wildman–Crippen LogP) is 1.82. The van der Waals surface area contributed by atoms with Gasteiger partial charge >= 0.3 is 0 Å². The Bertz CT molecular complexity index is 213. The summed E-state index contributed by atoms with van der Waals surface area (Å²) in [6, 6.07) is 7.48. The van der Waals surface area contributed by atoms with Crippen molar-refractivity contribution in [3.8, 4) is 0 Å². The van der Waals surface area contributed by atoms with Gasteiger partial charge in [0.1, 0.15) is 0 Å². The van der Waals surface area contributed by atoms with Crippen molar-refractivity contribution in [3.05, 3.63) is 37.0 Å². The summed E-state index contributed by atoms with van der Waals surface area (Å²) in [7, 11) is 0. The molecule has 1 aromatic rings. The van der Waals surface area contributed by atoms with Crippen molar-refractivity contribution in [1.82, 2.24) is 0 Å². The smallest absolute Gasteiger partial charge is 0.0381 e. The second-order valence-electron chi connectivity index (χ2n) is 1.97. The summed E-state index contributed by atoms with van der Waals surface area (Å²) in [5.41, 5.74) is 7.25. The second-order valence-corrected chi connectivity index (χ2v) is 1.97. The molecule has 0 aliphatic carbocycles. The number of nitrogens with two attached hydrogens (primary N) is 1. The Morgan fingerprint density at radius 2 is 1.90 bits per heavy atom. The van der Waals surface area contributed by atoms with Gasteiger partial charge in [0.05, 0.1) is 0 Å². The molecule has 0 bridgehead atoms. The molecule has 2 heteroatoms. The van der Waals surface area contributed by atoms with Crippen molar-refractivity contribution >= 4 is 11.4 Å². The first-order chi connectivity index (χ1) is 4.83. The summed E-state index contributed by atoms with van der Waals surface area (Å²) in [5, 5.41) is 2.94. The first-order valence-electron chi connectivity index (χ1n) is 3.06. The Morgan fingerprint density at radius 3 is 2.40 bits per heavy atom. The number of nitrogen functional groups attached to an aromatic ring is 1. The maximum absolute atomic E-state index is 5.47. The molecule has 0 aliphatic rings. The van der Waals surface area contributed by atoms with Crippen LogP contribution in [-0.2, 0) is 0 Å². The first-order valence-corrected chi connectivity index (χ1v) is 3.06. The third kappa shape index (κ3) is 1.52. The van der Waals surface area contributed by atoms with Crippen LogP contribution in [0.4, 0.5) is 11.4 Å². The number of nitrogens with one attached hydrogen (secondary N) is 1. The van der Waals surface area contributed by atoms with Crippen LogP contribution in [0.15, 0.2) is 37.0 Å². The van der Waals surface area contributed by atoms with Gasteiger partial charge in [-0.2, -0.15) is 0 Å². The molecular weight excluding hydrogens is 124 g/mol. The second kappa shape index (κ2) is 2.92. The normalized spacial score (nSPS) is 8.80. The van der Waals surface area contributed by atoms with E-state index in [1.807, 2.05) is 24.3 Å². The van der Waals surface area contributed by atoms with E-state index in [4.69, 9.17) is 5.73 Å². The van der Waals surface area contributed by atoms with E-state index < -0.39 is 0 Å². The number of benzene rings is 1. The van der Waals surface area contributed by atoms with E-state index in [9.17, 15) is 0 Å². The van der Waals surface area contributed by atoms with E-state index in [2.05, 4.69) is 11.9 Å². The van der Waals surface area contributed by atoms with E-state index >= 15 is 0 Å². The molecule has 0 aliphatic heterocycles. The van der Waals surface area contributed by atoms with Gasteiger partial charge in [0.15, 0.2) is 0 Å². The van der Waals surface area contributed by atoms with E-state index in [0.717, 1.165) is 11.4 Å². The van der Waals surface area contributed by atoms with Crippen LogP contribution < -0.4 is 11.1 Å². The van der Waals surface area contributed by atoms with Crippen LogP contribution in [-0.4, -0.2) is 0 Å². The quantitative estimate of drug-likeness (QED) is 0.605. The largest absolute Gasteiger partial charge is 0.399 e. The van der Waals surface area contributed by atoms with Gasteiger partial charge in [0, 0.05) is 11.4 Å². The lowest BCUT2D eigenvalue weighted by Gasteiger charge is -1.98. The fraction of sp³-hybridized carbons (Fsp3) is 0. The zero-order chi connectivity index (χ0) is 7.40. The standard InChI is InChI=1S/C8H10N2/c1-2-10-8-5-3-7(9)4-6-8/h2-6,10H,1,9H2. The van der Waals surface area contributed by atoms with Gasteiger partial charge in [-0.3, -0.25) is 0 Å². The molecule has 0 fully saturated rings. The third-order valence-electron chi connectivity index (χ3n) is 1.18. The van der Waals surface area contributed by atoms with Crippen LogP contribution in [0.3, 0.4) is 0 Å². The highest BCUT2D eigenvalue weighted by Gasteiger charge is 1.85. The molecule has 2 nitrogen and oxygen atoms in total. The van der Waals surface area contributed by atoms with Crippen molar-refractivity contribution in [2.45, 2.75) is 0 Å². The molecule has 0 radical (unpaired) electrons. The molecule has 0 saturated carbocycles. The van der Waals surface area contributed by atoms with Crippen LogP contribution in [0, 0.1) is 0 Å². The van der Waals surface area contributed by atoms with E-state index in [1.54, 1.807) is 6.20 Å². The maximum atomic E-state index is 5.47. The summed E-state index contributed by atoms with van der Waals surface area (Å²) in [6.45, 7) is 3.54. The molecular formula is C8H10N2. The molecule has 1 aromatic carbocycles. The van der Waals surface area contributed by atoms with E-state index in [1.165, 1.54) is 0 Å². The third-order valence-corrected chi connectivity index (χ3v) is 1.18. The molecule has 0 aromatic heterocycles. The minimum absolute atomic E-state index is 0.773. The molecule has 0 atom stereocenters. The number of hydrogen-bond donors (Lipinski definition) is 2. The molecule has 0 heterocycles. The molecule has 0 saturated heterocycles. The van der Waals surface area contributed by atoms with Crippen LogP contribution in [0.25, 0.3) is 0 Å². The Labute approximate surface area is 60.4 Å². The van der Waals surface area contributed by atoms with Crippen LogP contribution in [0.1, 0.15) is 0 Å². The van der Waals surface area contributed by atoms with Crippen LogP contribution in [0.2, 0.25) is 0 Å². The van der Waals surface area contributed by atoms with Crippen LogP contribution >= 0.6 is 0 Å². The Morgan fingerprint density at radius 1 is 1.30 bits per heavy atom. The Balaban J connectivity index is 2.78. The predicted molar refractivity (Wildman–Crippen MR) is 44.7 cm³/mol. The topological polar surface area (TPSA) is 38.0 Å². The molecule has 52 valence electrons. The minimum atomic E-state index is 0.773. The summed E-state index contributed by atoms with van der Waals surface area (Å²) in [5.74, 6) is 0. The molecule has 0 amide bonds. The van der Waals surface area contributed by atoms with Crippen molar-refractivity contribution < 1.29 is 0 Å². The van der Waals surface area contributed by atoms with E-state index in [-0.39, 0.29) is 0 Å². The zero-order valence-electron chi connectivity index (χ0n) is 5.67. The van der Waals surface area contributed by atoms with Gasteiger partial charge in [-0.05, 0) is 30.5 Å². The molecule has 1 rings (SSSR count). The number of rotatable bonds is 2. The van der Waals surface area contributed by atoms with Gasteiger partial charge in [0.25, 0.3) is 0 Å². The lowest BCUT2D eigenvalue weighted by Crippen LogP contribution is -1.87. The molecule has 0 spiro atoms. The van der Waals surface area contributed by atoms with Crippen molar-refractivity contribution in [2.24, 2.45) is 0 Å². The van der Waals surface area contributed by atoms with Gasteiger partial charge < -0.3 is 11.1 Å². The lowest BCUT2D eigenvalue weighted by molar-refractivity contribution is 1.59. The average Bonchev–Trinajstić information content (AvgIpc) is 1.95. The Hall–Kier alpha value is -1.44. The van der Waals surface area contributed by atoms with Crippen molar-refractivity contribution in [2.75, 3.05) is 11.1 Å². The van der Waals surface area contributed by atoms with Crippen molar-refractivity contribution in [3.63, 3.8) is 0 Å². The molecule has 3 N–H and O–H groups in total. The van der Waals surface area contributed by atoms with Crippen molar-refractivity contribution in [1.29, 1.82) is 0 Å². The Kier molecular flexibility index (Phi) is 1.95. The summed E-state index contributed by atoms with van der Waals surface area (Å²) in [6.07, 6.45) is 1.63. The van der Waals surface area contributed by atoms with Gasteiger partial charge in [0.2, 0.25) is 0 Å². The molecule has 0 unspecified atom stereocenters. The average molecular weight is 134 g/mol. The number of anilines is 2. The highest BCUT2D eigenvalue weighted by molar-refractivity contribution is 5.52. The fourth-order valence-electron chi connectivity index (χ4n) is 0.697. The highest BCUT2D eigenvalue weighted by Crippen LogP contribution is 2.09. The van der Waals surface area contributed by atoms with Gasteiger partial charge in [-0.15, -0.1) is 0 Å². The highest BCUT2D eigenvalue weighted by atomic mass is 14.8. The monoisotopic (exact) mass is 134 g/mol. The summed E-state index contributed by atoms with van der Waals surface area (Å²) < 4.78 is 0. The molecule has 10 heavy (non-hydrogen) atoms. The fourth-order valence-corrected chi connectivity index (χ4v) is 0.697. The number of hydrogen-bond acceptors (Lipinski definition) is 2. The lowest BCUT2D eigenvalue weighted by atomic mass is 10.3. The van der Waals surface area contributed by atoms with Gasteiger partial charge in [-0.1, -0.05) is 6.58 Å². The first kappa shape index (κ1) is 6.68. The summed E-state index contributed by atoms with van der Waals surface area (Å²) in [4.78, 5) is 0. The summed E-state index contributed by atoms with van der Waals surface area (Å²) >= 11 is 0. The SMILES string of the molecule is C=CNc1ccc(N)cc1. The zero-order valence-corrected chi connectivity index (χ0v) is 5.67. The van der Waals surface area contributed by atoms with Gasteiger partial charge in [-0.25, -0.2) is 0 Å². The van der Waals surface area contributed by atoms with E-state index in [0.29, 0.717) is 0 Å². The maximum Gasteiger partial charge on any atom is 0.0381 e.